The van der Waals surface area contributed by atoms with Gasteiger partial charge in [-0.15, -0.1) is 0 Å². The number of likely N-dealkylation sites (N-methyl/N-ethyl adjacent to an activating group) is 1. The molecule has 2 amide bonds. The SMILES string of the molecule is COc1ccccc1C=C1SC(=S)N(CC(=O)N(C)C2CCS(=O)(=O)C2)C1=O. The van der Waals surface area contributed by atoms with Gasteiger partial charge in [0, 0.05) is 18.7 Å². The first kappa shape index (κ1) is 20.8. The first-order chi connectivity index (χ1) is 13.2. The Kier molecular flexibility index (Phi) is 6.11. The molecule has 0 aliphatic carbocycles. The fourth-order valence-corrected chi connectivity index (χ4v) is 6.11. The molecular weight excluding hydrogens is 420 g/mol. The monoisotopic (exact) mass is 440 g/mol. The summed E-state index contributed by atoms with van der Waals surface area (Å²) < 4.78 is 28.9. The van der Waals surface area contributed by atoms with Crippen molar-refractivity contribution in [2.24, 2.45) is 0 Å². The molecule has 2 saturated heterocycles. The lowest BCUT2D eigenvalue weighted by atomic mass is 10.2. The van der Waals surface area contributed by atoms with Crippen LogP contribution in [0.25, 0.3) is 6.08 Å². The highest BCUT2D eigenvalue weighted by atomic mass is 32.2. The van der Waals surface area contributed by atoms with Gasteiger partial charge in [0.2, 0.25) is 5.91 Å². The van der Waals surface area contributed by atoms with Crippen molar-refractivity contribution in [3.05, 3.63) is 34.7 Å². The Hall–Kier alpha value is -1.91. The zero-order valence-electron chi connectivity index (χ0n) is 15.5. The van der Waals surface area contributed by atoms with Gasteiger partial charge in [0.1, 0.15) is 16.6 Å². The molecule has 1 aromatic rings. The van der Waals surface area contributed by atoms with Crippen molar-refractivity contribution in [1.82, 2.24) is 9.80 Å². The van der Waals surface area contributed by atoms with Crippen LogP contribution < -0.4 is 4.74 Å². The van der Waals surface area contributed by atoms with E-state index >= 15 is 0 Å². The normalized spacial score (nSPS) is 22.7. The molecule has 2 aliphatic rings. The average molecular weight is 441 g/mol. The van der Waals surface area contributed by atoms with E-state index in [1.807, 2.05) is 18.2 Å². The summed E-state index contributed by atoms with van der Waals surface area (Å²) in [6, 6.07) is 6.92. The van der Waals surface area contributed by atoms with Gasteiger partial charge in [-0.1, -0.05) is 42.2 Å². The van der Waals surface area contributed by atoms with Gasteiger partial charge in [-0.05, 0) is 18.6 Å². The van der Waals surface area contributed by atoms with Crippen molar-refractivity contribution in [3.63, 3.8) is 0 Å². The highest BCUT2D eigenvalue weighted by Gasteiger charge is 2.37. The fourth-order valence-electron chi connectivity index (χ4n) is 3.09. The second kappa shape index (κ2) is 8.22. The molecule has 3 rings (SSSR count). The molecule has 0 spiro atoms. The summed E-state index contributed by atoms with van der Waals surface area (Å²) in [6.45, 7) is -0.207. The number of hydrogen-bond donors (Lipinski definition) is 0. The predicted molar refractivity (Wildman–Crippen MR) is 113 cm³/mol. The lowest BCUT2D eigenvalue weighted by molar-refractivity contribution is -0.135. The molecule has 2 aliphatic heterocycles. The Labute approximate surface area is 173 Å². The zero-order chi connectivity index (χ0) is 20.5. The summed E-state index contributed by atoms with van der Waals surface area (Å²) in [5.74, 6) is -0.0102. The van der Waals surface area contributed by atoms with Gasteiger partial charge in [-0.2, -0.15) is 0 Å². The van der Waals surface area contributed by atoms with Crippen LogP contribution in [-0.4, -0.2) is 72.6 Å². The van der Waals surface area contributed by atoms with Crippen LogP contribution in [0.1, 0.15) is 12.0 Å². The summed E-state index contributed by atoms with van der Waals surface area (Å²) in [7, 11) is 0.0187. The summed E-state index contributed by atoms with van der Waals surface area (Å²) in [5.41, 5.74) is 0.741. The minimum Gasteiger partial charge on any atom is -0.496 e. The van der Waals surface area contributed by atoms with Crippen LogP contribution >= 0.6 is 24.0 Å². The molecule has 2 heterocycles. The van der Waals surface area contributed by atoms with E-state index in [1.54, 1.807) is 26.3 Å². The molecule has 1 aromatic carbocycles. The van der Waals surface area contributed by atoms with Crippen molar-refractivity contribution in [2.75, 3.05) is 32.2 Å². The number of hydrogen-bond acceptors (Lipinski definition) is 7. The van der Waals surface area contributed by atoms with E-state index in [-0.39, 0.29) is 35.9 Å². The van der Waals surface area contributed by atoms with Gasteiger partial charge in [-0.3, -0.25) is 14.5 Å². The van der Waals surface area contributed by atoms with E-state index in [4.69, 9.17) is 17.0 Å². The maximum atomic E-state index is 12.7. The molecule has 0 bridgehead atoms. The molecule has 1 unspecified atom stereocenters. The smallest absolute Gasteiger partial charge is 0.266 e. The first-order valence-corrected chi connectivity index (χ1v) is 11.6. The Morgan fingerprint density at radius 1 is 1.43 bits per heavy atom. The topological polar surface area (TPSA) is 84.0 Å². The van der Waals surface area contributed by atoms with Gasteiger partial charge < -0.3 is 9.64 Å². The van der Waals surface area contributed by atoms with Crippen LogP contribution in [0.4, 0.5) is 0 Å². The number of benzene rings is 1. The number of para-hydroxylation sites is 1. The molecule has 10 heteroatoms. The number of thiocarbonyl (C=S) groups is 1. The molecule has 1 atom stereocenters. The molecular formula is C18H20N2O5S3. The number of thioether (sulfide) groups is 1. The van der Waals surface area contributed by atoms with E-state index in [0.29, 0.717) is 21.4 Å². The van der Waals surface area contributed by atoms with Crippen LogP contribution in [0, 0.1) is 0 Å². The van der Waals surface area contributed by atoms with Crippen LogP contribution in [0.3, 0.4) is 0 Å². The van der Waals surface area contributed by atoms with Crippen LogP contribution in [0.5, 0.6) is 5.75 Å². The zero-order valence-corrected chi connectivity index (χ0v) is 17.9. The largest absolute Gasteiger partial charge is 0.496 e. The van der Waals surface area contributed by atoms with Crippen LogP contribution in [0.15, 0.2) is 29.2 Å². The van der Waals surface area contributed by atoms with E-state index in [9.17, 15) is 18.0 Å². The van der Waals surface area contributed by atoms with E-state index in [1.165, 1.54) is 9.80 Å². The molecule has 28 heavy (non-hydrogen) atoms. The second-order valence-corrected chi connectivity index (χ2v) is 10.5. The molecule has 7 nitrogen and oxygen atoms in total. The Morgan fingerprint density at radius 2 is 2.14 bits per heavy atom. The quantitative estimate of drug-likeness (QED) is 0.507. The van der Waals surface area contributed by atoms with Crippen molar-refractivity contribution < 1.29 is 22.7 Å². The van der Waals surface area contributed by atoms with Gasteiger partial charge in [0.25, 0.3) is 5.91 Å². The second-order valence-electron chi connectivity index (χ2n) is 6.57. The summed E-state index contributed by atoms with van der Waals surface area (Å²) in [6.07, 6.45) is 2.10. The van der Waals surface area contributed by atoms with E-state index < -0.39 is 9.84 Å². The number of rotatable bonds is 5. The van der Waals surface area contributed by atoms with Gasteiger partial charge >= 0.3 is 0 Å². The Morgan fingerprint density at radius 3 is 2.79 bits per heavy atom. The van der Waals surface area contributed by atoms with E-state index in [0.717, 1.165) is 17.3 Å². The molecule has 0 radical (unpaired) electrons. The van der Waals surface area contributed by atoms with Crippen LogP contribution in [0.2, 0.25) is 0 Å². The first-order valence-electron chi connectivity index (χ1n) is 8.56. The van der Waals surface area contributed by atoms with Crippen molar-refractivity contribution in [2.45, 2.75) is 12.5 Å². The third-order valence-electron chi connectivity index (χ3n) is 4.74. The molecule has 150 valence electrons. The number of ether oxygens (including phenoxy) is 1. The standard InChI is InChI=1S/C18H20N2O5S3/c1-19(13-7-8-28(23,24)11-13)16(21)10-20-17(22)15(27-18(20)26)9-12-5-3-4-6-14(12)25-2/h3-6,9,13H,7-8,10-11H2,1-2H3. The fraction of sp³-hybridized carbons (Fsp3) is 0.389. The lowest BCUT2D eigenvalue weighted by Gasteiger charge is -2.25. The van der Waals surface area contributed by atoms with Crippen LogP contribution in [-0.2, 0) is 19.4 Å². The van der Waals surface area contributed by atoms with E-state index in [2.05, 4.69) is 0 Å². The third kappa shape index (κ3) is 4.39. The highest BCUT2D eigenvalue weighted by molar-refractivity contribution is 8.26. The summed E-state index contributed by atoms with van der Waals surface area (Å²) in [5, 5.41) is 0. The summed E-state index contributed by atoms with van der Waals surface area (Å²) in [4.78, 5) is 28.4. The van der Waals surface area contributed by atoms with Crippen molar-refractivity contribution in [1.29, 1.82) is 0 Å². The Balaban J connectivity index is 1.72. The van der Waals surface area contributed by atoms with Gasteiger partial charge in [0.15, 0.2) is 9.84 Å². The number of nitrogens with zero attached hydrogens (tertiary/aromatic N) is 2. The molecule has 2 fully saturated rings. The minimum absolute atomic E-state index is 0.0403. The number of amides is 2. The highest BCUT2D eigenvalue weighted by Crippen LogP contribution is 2.34. The molecule has 0 aromatic heterocycles. The average Bonchev–Trinajstić information content (AvgIpc) is 3.15. The lowest BCUT2D eigenvalue weighted by Crippen LogP contribution is -2.45. The van der Waals surface area contributed by atoms with Gasteiger partial charge in [0.05, 0.1) is 23.5 Å². The Bertz CT molecular complexity index is 958. The van der Waals surface area contributed by atoms with Crippen molar-refractivity contribution in [3.8, 4) is 5.75 Å². The molecule has 0 saturated carbocycles. The molecule has 0 N–H and O–H groups in total. The third-order valence-corrected chi connectivity index (χ3v) is 7.87. The minimum atomic E-state index is -3.10. The van der Waals surface area contributed by atoms with Gasteiger partial charge in [-0.25, -0.2) is 8.42 Å². The predicted octanol–water partition coefficient (Wildman–Crippen LogP) is 1.54. The maximum Gasteiger partial charge on any atom is 0.266 e. The number of methoxy groups -OCH3 is 1. The number of carbonyl (C=O) groups excluding carboxylic acids is 2. The maximum absolute atomic E-state index is 12.7. The van der Waals surface area contributed by atoms with Crippen molar-refractivity contribution >= 4 is 56.0 Å². The number of carbonyl (C=O) groups is 2. The number of sulfone groups is 1. The summed E-state index contributed by atoms with van der Waals surface area (Å²) >= 11 is 6.41.